The van der Waals surface area contributed by atoms with Crippen LogP contribution in [0, 0.1) is 0 Å². The highest BCUT2D eigenvalue weighted by Gasteiger charge is 1.94. The second-order valence-electron chi connectivity index (χ2n) is 2.75. The molecule has 2 N–H and O–H groups in total. The summed E-state index contributed by atoms with van der Waals surface area (Å²) in [6.45, 7) is 5.85. The van der Waals surface area contributed by atoms with E-state index in [9.17, 15) is 0 Å². The van der Waals surface area contributed by atoms with Gasteiger partial charge in [0.15, 0.2) is 0 Å². The Morgan fingerprint density at radius 3 is 2.45 bits per heavy atom. The lowest BCUT2D eigenvalue weighted by atomic mass is 10.1. The molecule has 1 atom stereocenters. The number of unbranched alkanes of at least 4 members (excludes halogenated alkanes) is 3. The molecule has 0 bridgehead atoms. The average molecular weight is 178 g/mol. The van der Waals surface area contributed by atoms with Gasteiger partial charge in [0.1, 0.15) is 0 Å². The predicted octanol–water partition coefficient (Wildman–Crippen LogP) is 2.89. The standard InChI is InChI=1S/C9H19N.ClH/c1-3-5-6-7-8-9(10)4-2;/h4,9H,2-3,5-8,10H2,1H3;1H. The van der Waals surface area contributed by atoms with Gasteiger partial charge in [0, 0.05) is 6.04 Å². The van der Waals surface area contributed by atoms with E-state index in [2.05, 4.69) is 13.5 Å². The molecule has 1 unspecified atom stereocenters. The van der Waals surface area contributed by atoms with Crippen molar-refractivity contribution in [1.82, 2.24) is 0 Å². The fraction of sp³-hybridized carbons (Fsp3) is 0.778. The van der Waals surface area contributed by atoms with Crippen LogP contribution in [0.5, 0.6) is 0 Å². The molecule has 0 rings (SSSR count). The third kappa shape index (κ3) is 9.99. The Morgan fingerprint density at radius 1 is 1.36 bits per heavy atom. The van der Waals surface area contributed by atoms with Crippen molar-refractivity contribution in [3.05, 3.63) is 12.7 Å². The maximum atomic E-state index is 5.64. The molecular weight excluding hydrogens is 158 g/mol. The monoisotopic (exact) mass is 177 g/mol. The van der Waals surface area contributed by atoms with Crippen molar-refractivity contribution in [2.45, 2.75) is 45.1 Å². The molecule has 0 aromatic carbocycles. The van der Waals surface area contributed by atoms with Crippen LogP contribution < -0.4 is 5.73 Å². The van der Waals surface area contributed by atoms with Gasteiger partial charge in [-0.25, -0.2) is 0 Å². The fourth-order valence-corrected chi connectivity index (χ4v) is 0.925. The first kappa shape index (κ1) is 13.6. The zero-order valence-electron chi connectivity index (χ0n) is 7.38. The Labute approximate surface area is 76.5 Å². The lowest BCUT2D eigenvalue weighted by molar-refractivity contribution is 0.600. The molecule has 1 nitrogen and oxygen atoms in total. The largest absolute Gasteiger partial charge is 0.324 e. The van der Waals surface area contributed by atoms with Crippen molar-refractivity contribution in [2.24, 2.45) is 5.73 Å². The van der Waals surface area contributed by atoms with Gasteiger partial charge in [0.05, 0.1) is 0 Å². The van der Waals surface area contributed by atoms with Crippen molar-refractivity contribution in [3.8, 4) is 0 Å². The molecule has 11 heavy (non-hydrogen) atoms. The average Bonchev–Trinajstić information content (AvgIpc) is 1.98. The van der Waals surface area contributed by atoms with E-state index in [0.29, 0.717) is 0 Å². The van der Waals surface area contributed by atoms with Gasteiger partial charge in [-0.1, -0.05) is 38.7 Å². The minimum Gasteiger partial charge on any atom is -0.324 e. The molecule has 0 aliphatic carbocycles. The highest BCUT2D eigenvalue weighted by atomic mass is 35.5. The molecule has 0 aliphatic rings. The molecular formula is C9H20ClN. The normalized spacial score (nSPS) is 11.8. The number of nitrogens with two attached hydrogens (primary N) is 1. The third-order valence-corrected chi connectivity index (χ3v) is 1.69. The topological polar surface area (TPSA) is 26.0 Å². The van der Waals surface area contributed by atoms with E-state index in [1.54, 1.807) is 0 Å². The Balaban J connectivity index is 0. The summed E-state index contributed by atoms with van der Waals surface area (Å²) in [5.41, 5.74) is 5.64. The zero-order valence-corrected chi connectivity index (χ0v) is 8.20. The van der Waals surface area contributed by atoms with Crippen molar-refractivity contribution >= 4 is 12.4 Å². The Bertz CT molecular complexity index is 83.6. The summed E-state index contributed by atoms with van der Waals surface area (Å²) in [4.78, 5) is 0. The minimum atomic E-state index is 0. The van der Waals surface area contributed by atoms with E-state index in [0.717, 1.165) is 6.42 Å². The van der Waals surface area contributed by atoms with Crippen LogP contribution in [-0.4, -0.2) is 6.04 Å². The molecule has 0 fully saturated rings. The first-order chi connectivity index (χ1) is 4.81. The Kier molecular flexibility index (Phi) is 12.3. The van der Waals surface area contributed by atoms with Gasteiger partial charge >= 0.3 is 0 Å². The molecule has 0 saturated heterocycles. The fourth-order valence-electron chi connectivity index (χ4n) is 0.925. The predicted molar refractivity (Wildman–Crippen MR) is 54.2 cm³/mol. The van der Waals surface area contributed by atoms with Crippen molar-refractivity contribution in [1.29, 1.82) is 0 Å². The maximum Gasteiger partial charge on any atom is 0.0221 e. The Hall–Kier alpha value is -0.0100. The molecule has 68 valence electrons. The van der Waals surface area contributed by atoms with E-state index >= 15 is 0 Å². The lowest BCUT2D eigenvalue weighted by Crippen LogP contribution is -2.15. The number of rotatable bonds is 6. The van der Waals surface area contributed by atoms with Crippen molar-refractivity contribution < 1.29 is 0 Å². The van der Waals surface area contributed by atoms with Gasteiger partial charge < -0.3 is 5.73 Å². The van der Waals surface area contributed by atoms with Crippen LogP contribution in [0.25, 0.3) is 0 Å². The van der Waals surface area contributed by atoms with Gasteiger partial charge in [-0.3, -0.25) is 0 Å². The highest BCUT2D eigenvalue weighted by molar-refractivity contribution is 5.85. The van der Waals surface area contributed by atoms with Crippen LogP contribution >= 0.6 is 12.4 Å². The van der Waals surface area contributed by atoms with Crippen LogP contribution in [0.4, 0.5) is 0 Å². The molecule has 0 saturated carbocycles. The summed E-state index contributed by atoms with van der Waals surface area (Å²) in [7, 11) is 0. The summed E-state index contributed by atoms with van der Waals surface area (Å²) in [5.74, 6) is 0. The van der Waals surface area contributed by atoms with E-state index < -0.39 is 0 Å². The van der Waals surface area contributed by atoms with Crippen LogP contribution in [0.15, 0.2) is 12.7 Å². The molecule has 2 heteroatoms. The van der Waals surface area contributed by atoms with Crippen LogP contribution in [0.1, 0.15) is 39.0 Å². The maximum absolute atomic E-state index is 5.64. The van der Waals surface area contributed by atoms with Gasteiger partial charge in [-0.05, 0) is 6.42 Å². The van der Waals surface area contributed by atoms with Crippen LogP contribution in [-0.2, 0) is 0 Å². The molecule has 0 spiro atoms. The van der Waals surface area contributed by atoms with Gasteiger partial charge in [-0.2, -0.15) is 0 Å². The lowest BCUT2D eigenvalue weighted by Gasteiger charge is -2.03. The highest BCUT2D eigenvalue weighted by Crippen LogP contribution is 2.04. The van der Waals surface area contributed by atoms with Crippen molar-refractivity contribution in [3.63, 3.8) is 0 Å². The molecule has 0 radical (unpaired) electrons. The summed E-state index contributed by atoms with van der Waals surface area (Å²) in [6.07, 6.45) is 8.13. The minimum absolute atomic E-state index is 0. The summed E-state index contributed by atoms with van der Waals surface area (Å²) >= 11 is 0. The molecule has 0 amide bonds. The molecule has 0 heterocycles. The number of hydrogen-bond acceptors (Lipinski definition) is 1. The van der Waals surface area contributed by atoms with E-state index in [4.69, 9.17) is 5.73 Å². The molecule has 0 aromatic rings. The number of halogens is 1. The second kappa shape index (κ2) is 9.99. The molecule has 0 aliphatic heterocycles. The van der Waals surface area contributed by atoms with Crippen LogP contribution in [0.3, 0.4) is 0 Å². The molecule has 0 aromatic heterocycles. The zero-order chi connectivity index (χ0) is 7.82. The van der Waals surface area contributed by atoms with E-state index in [1.165, 1.54) is 25.7 Å². The summed E-state index contributed by atoms with van der Waals surface area (Å²) in [6, 6.07) is 0.219. The summed E-state index contributed by atoms with van der Waals surface area (Å²) in [5, 5.41) is 0. The first-order valence-corrected chi connectivity index (χ1v) is 4.19. The third-order valence-electron chi connectivity index (χ3n) is 1.69. The van der Waals surface area contributed by atoms with Crippen LogP contribution in [0.2, 0.25) is 0 Å². The van der Waals surface area contributed by atoms with Gasteiger partial charge in [0.2, 0.25) is 0 Å². The van der Waals surface area contributed by atoms with E-state index in [-0.39, 0.29) is 18.4 Å². The quantitative estimate of drug-likeness (QED) is 0.490. The second-order valence-corrected chi connectivity index (χ2v) is 2.75. The van der Waals surface area contributed by atoms with Gasteiger partial charge in [0.25, 0.3) is 0 Å². The smallest absolute Gasteiger partial charge is 0.0221 e. The summed E-state index contributed by atoms with van der Waals surface area (Å²) < 4.78 is 0. The van der Waals surface area contributed by atoms with Crippen molar-refractivity contribution in [2.75, 3.05) is 0 Å². The van der Waals surface area contributed by atoms with Gasteiger partial charge in [-0.15, -0.1) is 19.0 Å². The van der Waals surface area contributed by atoms with E-state index in [1.807, 2.05) is 6.08 Å². The Morgan fingerprint density at radius 2 is 2.00 bits per heavy atom. The first-order valence-electron chi connectivity index (χ1n) is 4.19. The number of hydrogen-bond donors (Lipinski definition) is 1. The SMILES string of the molecule is C=CC(N)CCCCCC.Cl.